The smallest absolute Gasteiger partial charge is 0.410 e. The molecule has 1 aromatic carbocycles. The Bertz CT molecular complexity index is 490. The maximum absolute atomic E-state index is 11.9. The molecule has 1 aliphatic rings. The molecule has 0 unspecified atom stereocenters. The van der Waals surface area contributed by atoms with Crippen molar-refractivity contribution in [1.82, 2.24) is 4.90 Å². The summed E-state index contributed by atoms with van der Waals surface area (Å²) in [6.07, 6.45) is -1.11. The van der Waals surface area contributed by atoms with Gasteiger partial charge in [0.15, 0.2) is 0 Å². The van der Waals surface area contributed by atoms with Gasteiger partial charge in [-0.25, -0.2) is 4.79 Å². The van der Waals surface area contributed by atoms with Gasteiger partial charge in [-0.1, -0.05) is 30.3 Å². The van der Waals surface area contributed by atoms with Crippen LogP contribution in [0.5, 0.6) is 0 Å². The van der Waals surface area contributed by atoms with Gasteiger partial charge in [-0.15, -0.1) is 0 Å². The van der Waals surface area contributed by atoms with E-state index in [4.69, 9.17) is 4.74 Å². The van der Waals surface area contributed by atoms with E-state index in [-0.39, 0.29) is 25.5 Å². The molecule has 0 bridgehead atoms. The van der Waals surface area contributed by atoms with Crippen LogP contribution in [0.3, 0.4) is 0 Å². The number of aliphatic hydroxyl groups excluding tert-OH is 1. The predicted molar refractivity (Wildman–Crippen MR) is 74.3 cm³/mol. The van der Waals surface area contributed by atoms with E-state index in [1.165, 1.54) is 12.0 Å². The Morgan fingerprint density at radius 1 is 1.29 bits per heavy atom. The van der Waals surface area contributed by atoms with Crippen LogP contribution in [-0.4, -0.2) is 48.4 Å². The number of hydrogen-bond acceptors (Lipinski definition) is 5. The number of hydrogen-bond donors (Lipinski definition) is 1. The molecule has 2 atom stereocenters. The van der Waals surface area contributed by atoms with E-state index in [2.05, 4.69) is 4.74 Å². The second-order valence-corrected chi connectivity index (χ2v) is 5.05. The third-order valence-corrected chi connectivity index (χ3v) is 3.53. The topological polar surface area (TPSA) is 76.1 Å². The second-order valence-electron chi connectivity index (χ2n) is 5.05. The molecule has 0 aliphatic carbocycles. The normalized spacial score (nSPS) is 21.1. The molecule has 1 aromatic rings. The molecule has 0 radical (unpaired) electrons. The first kappa shape index (κ1) is 15.3. The highest BCUT2D eigenvalue weighted by Gasteiger charge is 2.36. The minimum absolute atomic E-state index is 0.0974. The van der Waals surface area contributed by atoms with E-state index in [1.54, 1.807) is 0 Å². The summed E-state index contributed by atoms with van der Waals surface area (Å²) in [5.74, 6) is -0.694. The number of ether oxygens (including phenoxy) is 2. The lowest BCUT2D eigenvalue weighted by molar-refractivity contribution is -0.142. The van der Waals surface area contributed by atoms with Gasteiger partial charge in [-0.05, 0) is 5.56 Å². The molecule has 2 rings (SSSR count). The summed E-state index contributed by atoms with van der Waals surface area (Å²) in [4.78, 5) is 24.6. The van der Waals surface area contributed by atoms with Gasteiger partial charge in [-0.3, -0.25) is 4.79 Å². The molecule has 1 aliphatic heterocycles. The van der Waals surface area contributed by atoms with Crippen LogP contribution in [0.15, 0.2) is 30.3 Å². The maximum atomic E-state index is 11.9. The summed E-state index contributed by atoms with van der Waals surface area (Å²) >= 11 is 0. The Morgan fingerprint density at radius 2 is 2.00 bits per heavy atom. The molecular weight excluding hydrogens is 274 g/mol. The van der Waals surface area contributed by atoms with Crippen LogP contribution in [0, 0.1) is 5.92 Å². The molecule has 1 saturated heterocycles. The zero-order valence-corrected chi connectivity index (χ0v) is 11.9. The molecule has 0 spiro atoms. The van der Waals surface area contributed by atoms with Crippen molar-refractivity contribution in [1.29, 1.82) is 0 Å². The highest BCUT2D eigenvalue weighted by molar-refractivity contribution is 5.71. The maximum Gasteiger partial charge on any atom is 0.410 e. The highest BCUT2D eigenvalue weighted by Crippen LogP contribution is 2.21. The van der Waals surface area contributed by atoms with Crippen molar-refractivity contribution in [2.75, 3.05) is 20.2 Å². The molecule has 1 fully saturated rings. The second kappa shape index (κ2) is 7.08. The average Bonchev–Trinajstić information content (AvgIpc) is 2.87. The number of nitrogens with zero attached hydrogens (tertiary/aromatic N) is 1. The quantitative estimate of drug-likeness (QED) is 0.844. The van der Waals surface area contributed by atoms with Gasteiger partial charge in [-0.2, -0.15) is 0 Å². The molecule has 1 N–H and O–H groups in total. The van der Waals surface area contributed by atoms with Gasteiger partial charge in [0.1, 0.15) is 6.61 Å². The van der Waals surface area contributed by atoms with Crippen molar-refractivity contribution in [2.45, 2.75) is 19.1 Å². The Balaban J connectivity index is 1.82. The summed E-state index contributed by atoms with van der Waals surface area (Å²) in [6, 6.07) is 9.36. The molecule has 21 heavy (non-hydrogen) atoms. The van der Waals surface area contributed by atoms with Gasteiger partial charge in [0.25, 0.3) is 0 Å². The SMILES string of the molecule is COC(=O)C[C@@H]1CN(C(=O)OCc2ccccc2)C[C@H]1O. The Hall–Kier alpha value is -2.08. The first-order valence-electron chi connectivity index (χ1n) is 6.80. The van der Waals surface area contributed by atoms with Gasteiger partial charge in [0.05, 0.1) is 26.2 Å². The molecule has 1 heterocycles. The lowest BCUT2D eigenvalue weighted by atomic mass is 10.0. The van der Waals surface area contributed by atoms with Gasteiger partial charge < -0.3 is 19.5 Å². The lowest BCUT2D eigenvalue weighted by Crippen LogP contribution is -2.30. The highest BCUT2D eigenvalue weighted by atomic mass is 16.6. The van der Waals surface area contributed by atoms with Gasteiger partial charge in [0, 0.05) is 12.5 Å². The molecule has 6 heteroatoms. The van der Waals surface area contributed by atoms with E-state index in [0.29, 0.717) is 6.54 Å². The van der Waals surface area contributed by atoms with E-state index < -0.39 is 18.2 Å². The van der Waals surface area contributed by atoms with Crippen molar-refractivity contribution in [3.8, 4) is 0 Å². The Morgan fingerprint density at radius 3 is 2.67 bits per heavy atom. The lowest BCUT2D eigenvalue weighted by Gasteiger charge is -2.15. The number of carbonyl (C=O) groups is 2. The van der Waals surface area contributed by atoms with E-state index in [0.717, 1.165) is 5.56 Å². The number of carbonyl (C=O) groups excluding carboxylic acids is 2. The number of rotatable bonds is 4. The third-order valence-electron chi connectivity index (χ3n) is 3.53. The van der Waals surface area contributed by atoms with E-state index >= 15 is 0 Å². The van der Waals surface area contributed by atoms with Crippen molar-refractivity contribution in [2.24, 2.45) is 5.92 Å². The first-order valence-corrected chi connectivity index (χ1v) is 6.80. The van der Waals surface area contributed by atoms with Crippen LogP contribution < -0.4 is 0 Å². The number of β-amino-alcohol motifs (C(OH)–C–C–N with tert-alkyl or cyclic N) is 1. The van der Waals surface area contributed by atoms with Crippen molar-refractivity contribution in [3.63, 3.8) is 0 Å². The summed E-state index contributed by atoms with van der Waals surface area (Å²) in [5.41, 5.74) is 0.900. The zero-order chi connectivity index (χ0) is 15.2. The third kappa shape index (κ3) is 4.19. The molecule has 114 valence electrons. The monoisotopic (exact) mass is 293 g/mol. The Labute approximate surface area is 123 Å². The van der Waals surface area contributed by atoms with Gasteiger partial charge in [0.2, 0.25) is 0 Å². The molecule has 0 saturated carbocycles. The molecule has 1 amide bonds. The van der Waals surface area contributed by atoms with Crippen molar-refractivity contribution in [3.05, 3.63) is 35.9 Å². The molecule has 6 nitrogen and oxygen atoms in total. The van der Waals surface area contributed by atoms with E-state index in [1.807, 2.05) is 30.3 Å². The number of methoxy groups -OCH3 is 1. The van der Waals surface area contributed by atoms with Crippen molar-refractivity contribution >= 4 is 12.1 Å². The first-order chi connectivity index (χ1) is 10.1. The number of benzene rings is 1. The fourth-order valence-electron chi connectivity index (χ4n) is 2.31. The van der Waals surface area contributed by atoms with Crippen LogP contribution in [0.4, 0.5) is 4.79 Å². The largest absolute Gasteiger partial charge is 0.469 e. The minimum Gasteiger partial charge on any atom is -0.469 e. The fraction of sp³-hybridized carbons (Fsp3) is 0.467. The van der Waals surface area contributed by atoms with Gasteiger partial charge >= 0.3 is 12.1 Å². The Kier molecular flexibility index (Phi) is 5.16. The zero-order valence-electron chi connectivity index (χ0n) is 11.9. The van der Waals surface area contributed by atoms with Crippen molar-refractivity contribution < 1.29 is 24.2 Å². The molecule has 0 aromatic heterocycles. The number of likely N-dealkylation sites (tertiary alicyclic amines) is 1. The number of aliphatic hydroxyl groups is 1. The number of amides is 1. The van der Waals surface area contributed by atoms with Crippen LogP contribution in [0.25, 0.3) is 0 Å². The predicted octanol–water partition coefficient (Wildman–Crippen LogP) is 1.18. The standard InChI is InChI=1S/C15H19NO5/c1-20-14(18)7-12-8-16(9-13(12)17)15(19)21-10-11-5-3-2-4-6-11/h2-6,12-13,17H,7-10H2,1H3/t12-,13-/m1/s1. The van der Waals surface area contributed by atoms with Crippen LogP contribution in [0.2, 0.25) is 0 Å². The number of esters is 1. The molecular formula is C15H19NO5. The minimum atomic E-state index is -0.728. The fourth-order valence-corrected chi connectivity index (χ4v) is 2.31. The summed E-state index contributed by atoms with van der Waals surface area (Å²) < 4.78 is 9.78. The summed E-state index contributed by atoms with van der Waals surface area (Å²) in [5, 5.41) is 9.88. The average molecular weight is 293 g/mol. The summed E-state index contributed by atoms with van der Waals surface area (Å²) in [6.45, 7) is 0.660. The van der Waals surface area contributed by atoms with E-state index in [9.17, 15) is 14.7 Å². The summed E-state index contributed by atoms with van der Waals surface area (Å²) in [7, 11) is 1.30. The van der Waals surface area contributed by atoms with Crippen LogP contribution in [-0.2, 0) is 20.9 Å². The van der Waals surface area contributed by atoms with Crippen LogP contribution in [0.1, 0.15) is 12.0 Å². The van der Waals surface area contributed by atoms with Crippen LogP contribution >= 0.6 is 0 Å².